The fourth-order valence-electron chi connectivity index (χ4n) is 1.66. The van der Waals surface area contributed by atoms with Gasteiger partial charge in [0.1, 0.15) is 11.9 Å². The summed E-state index contributed by atoms with van der Waals surface area (Å²) in [6.07, 6.45) is 0.0523. The molecule has 3 nitrogen and oxygen atoms in total. The van der Waals surface area contributed by atoms with Crippen LogP contribution in [-0.4, -0.2) is 32.9 Å². The molecule has 0 radical (unpaired) electrons. The van der Waals surface area contributed by atoms with E-state index < -0.39 is 0 Å². The van der Waals surface area contributed by atoms with Crippen LogP contribution < -0.4 is 10.1 Å². The molecule has 0 aromatic heterocycles. The van der Waals surface area contributed by atoms with Gasteiger partial charge in [0.2, 0.25) is 0 Å². The number of nitrogens with one attached hydrogen (secondary N) is 1. The molecule has 1 N–H and O–H groups in total. The molecule has 0 spiro atoms. The van der Waals surface area contributed by atoms with Crippen molar-refractivity contribution in [1.29, 1.82) is 0 Å². The number of ether oxygens (including phenoxy) is 2. The van der Waals surface area contributed by atoms with Gasteiger partial charge in [0.05, 0.1) is 6.61 Å². The minimum Gasteiger partial charge on any atom is -0.487 e. The summed E-state index contributed by atoms with van der Waals surface area (Å²) in [6, 6.07) is 8.11. The molecule has 0 bridgehead atoms. The van der Waals surface area contributed by atoms with Gasteiger partial charge in [-0.05, 0) is 31.5 Å². The van der Waals surface area contributed by atoms with Crippen LogP contribution in [-0.2, 0) is 4.74 Å². The van der Waals surface area contributed by atoms with Crippen LogP contribution in [0.1, 0.15) is 19.4 Å². The first-order chi connectivity index (χ1) is 8.61. The van der Waals surface area contributed by atoms with Gasteiger partial charge in [-0.1, -0.05) is 31.5 Å². The van der Waals surface area contributed by atoms with Gasteiger partial charge in [0, 0.05) is 13.7 Å². The van der Waals surface area contributed by atoms with Crippen LogP contribution in [0.15, 0.2) is 24.3 Å². The quantitative estimate of drug-likeness (QED) is 0.770. The normalized spacial score (nSPS) is 12.7. The number of methoxy groups -OCH3 is 1. The van der Waals surface area contributed by atoms with Crippen molar-refractivity contribution >= 4 is 0 Å². The minimum atomic E-state index is 0.0523. The molecule has 102 valence electrons. The second-order valence-corrected chi connectivity index (χ2v) is 5.06. The second-order valence-electron chi connectivity index (χ2n) is 5.06. The third-order valence-corrected chi connectivity index (χ3v) is 2.60. The fraction of sp³-hybridized carbons (Fsp3) is 0.600. The van der Waals surface area contributed by atoms with E-state index in [1.54, 1.807) is 7.11 Å². The molecule has 0 saturated heterocycles. The van der Waals surface area contributed by atoms with Gasteiger partial charge in [-0.3, -0.25) is 0 Å². The molecule has 1 aromatic carbocycles. The maximum atomic E-state index is 5.90. The highest BCUT2D eigenvalue weighted by Crippen LogP contribution is 2.13. The van der Waals surface area contributed by atoms with Crippen LogP contribution >= 0.6 is 0 Å². The van der Waals surface area contributed by atoms with Crippen molar-refractivity contribution in [3.05, 3.63) is 29.8 Å². The van der Waals surface area contributed by atoms with E-state index in [1.807, 2.05) is 12.1 Å². The zero-order chi connectivity index (χ0) is 13.4. The molecule has 1 unspecified atom stereocenters. The second kappa shape index (κ2) is 8.11. The Kier molecular flexibility index (Phi) is 6.76. The maximum Gasteiger partial charge on any atom is 0.134 e. The molecule has 0 saturated carbocycles. The summed E-state index contributed by atoms with van der Waals surface area (Å²) in [7, 11) is 1.70. The van der Waals surface area contributed by atoms with E-state index in [-0.39, 0.29) is 6.10 Å². The summed E-state index contributed by atoms with van der Waals surface area (Å²) < 4.78 is 11.1. The van der Waals surface area contributed by atoms with E-state index in [4.69, 9.17) is 9.47 Å². The fourth-order valence-corrected chi connectivity index (χ4v) is 1.66. The van der Waals surface area contributed by atoms with Crippen LogP contribution in [0.4, 0.5) is 0 Å². The van der Waals surface area contributed by atoms with E-state index in [0.717, 1.165) is 18.8 Å². The largest absolute Gasteiger partial charge is 0.487 e. The zero-order valence-corrected chi connectivity index (χ0v) is 11.9. The lowest BCUT2D eigenvalue weighted by Crippen LogP contribution is -2.36. The summed E-state index contributed by atoms with van der Waals surface area (Å²) in [5.41, 5.74) is 1.24. The summed E-state index contributed by atoms with van der Waals surface area (Å²) in [6.45, 7) is 8.86. The van der Waals surface area contributed by atoms with Crippen LogP contribution in [0.25, 0.3) is 0 Å². The Morgan fingerprint density at radius 1 is 1.11 bits per heavy atom. The monoisotopic (exact) mass is 251 g/mol. The van der Waals surface area contributed by atoms with Gasteiger partial charge in [-0.2, -0.15) is 0 Å². The molecule has 1 aromatic rings. The Morgan fingerprint density at radius 2 is 1.78 bits per heavy atom. The summed E-state index contributed by atoms with van der Waals surface area (Å²) in [4.78, 5) is 0. The molecular weight excluding hydrogens is 226 g/mol. The zero-order valence-electron chi connectivity index (χ0n) is 11.9. The first-order valence-electron chi connectivity index (χ1n) is 6.54. The van der Waals surface area contributed by atoms with Gasteiger partial charge < -0.3 is 14.8 Å². The third-order valence-electron chi connectivity index (χ3n) is 2.60. The van der Waals surface area contributed by atoms with Gasteiger partial charge in [-0.15, -0.1) is 0 Å². The highest BCUT2D eigenvalue weighted by atomic mass is 16.5. The van der Waals surface area contributed by atoms with Crippen molar-refractivity contribution in [2.45, 2.75) is 26.9 Å². The van der Waals surface area contributed by atoms with Gasteiger partial charge in [0.15, 0.2) is 0 Å². The molecule has 0 amide bonds. The first kappa shape index (κ1) is 15.0. The van der Waals surface area contributed by atoms with Crippen LogP contribution in [0, 0.1) is 12.8 Å². The molecule has 0 fully saturated rings. The summed E-state index contributed by atoms with van der Waals surface area (Å²) in [5, 5.41) is 3.40. The van der Waals surface area contributed by atoms with Crippen molar-refractivity contribution in [3.63, 3.8) is 0 Å². The highest BCUT2D eigenvalue weighted by molar-refractivity contribution is 5.26. The summed E-state index contributed by atoms with van der Waals surface area (Å²) >= 11 is 0. The average molecular weight is 251 g/mol. The molecule has 18 heavy (non-hydrogen) atoms. The Labute approximate surface area is 110 Å². The Hall–Kier alpha value is -1.06. The molecule has 0 aliphatic heterocycles. The van der Waals surface area contributed by atoms with Crippen LogP contribution in [0.2, 0.25) is 0 Å². The van der Waals surface area contributed by atoms with Crippen molar-refractivity contribution in [3.8, 4) is 5.75 Å². The lowest BCUT2D eigenvalue weighted by Gasteiger charge is -2.19. The van der Waals surface area contributed by atoms with Crippen LogP contribution in [0.3, 0.4) is 0 Å². The lowest BCUT2D eigenvalue weighted by atomic mass is 10.2. The Balaban J connectivity index is 2.43. The van der Waals surface area contributed by atoms with Crippen molar-refractivity contribution in [2.75, 3.05) is 26.8 Å². The average Bonchev–Trinajstić information content (AvgIpc) is 2.32. The van der Waals surface area contributed by atoms with E-state index in [0.29, 0.717) is 12.5 Å². The lowest BCUT2D eigenvalue weighted by molar-refractivity contribution is 0.0802. The summed E-state index contributed by atoms with van der Waals surface area (Å²) in [5.74, 6) is 1.54. The standard InChI is InChI=1S/C15H25NO2/c1-12(2)9-16-10-15(11-17-4)18-14-7-5-13(3)6-8-14/h5-8,12,15-16H,9-11H2,1-4H3. The minimum absolute atomic E-state index is 0.0523. The number of hydrogen-bond acceptors (Lipinski definition) is 3. The molecule has 3 heteroatoms. The predicted octanol–water partition coefficient (Wildman–Crippen LogP) is 2.63. The SMILES string of the molecule is COCC(CNCC(C)C)Oc1ccc(C)cc1. The Morgan fingerprint density at radius 3 is 2.33 bits per heavy atom. The third kappa shape index (κ3) is 6.03. The van der Waals surface area contributed by atoms with E-state index in [2.05, 4.69) is 38.2 Å². The van der Waals surface area contributed by atoms with E-state index in [9.17, 15) is 0 Å². The van der Waals surface area contributed by atoms with Gasteiger partial charge in [0.25, 0.3) is 0 Å². The van der Waals surface area contributed by atoms with Crippen LogP contribution in [0.5, 0.6) is 5.75 Å². The molecule has 0 heterocycles. The first-order valence-corrected chi connectivity index (χ1v) is 6.54. The van der Waals surface area contributed by atoms with E-state index in [1.165, 1.54) is 5.56 Å². The van der Waals surface area contributed by atoms with Gasteiger partial charge in [-0.25, -0.2) is 0 Å². The Bertz CT molecular complexity index is 322. The van der Waals surface area contributed by atoms with Crippen molar-refractivity contribution < 1.29 is 9.47 Å². The molecule has 0 aliphatic carbocycles. The van der Waals surface area contributed by atoms with Crippen molar-refractivity contribution in [1.82, 2.24) is 5.32 Å². The molecular formula is C15H25NO2. The predicted molar refractivity (Wildman–Crippen MR) is 75.2 cm³/mol. The smallest absolute Gasteiger partial charge is 0.134 e. The maximum absolute atomic E-state index is 5.90. The molecule has 0 aliphatic rings. The number of rotatable bonds is 8. The highest BCUT2D eigenvalue weighted by Gasteiger charge is 2.10. The number of aryl methyl sites for hydroxylation is 1. The molecule has 1 atom stereocenters. The topological polar surface area (TPSA) is 30.5 Å². The van der Waals surface area contributed by atoms with E-state index >= 15 is 0 Å². The van der Waals surface area contributed by atoms with Crippen molar-refractivity contribution in [2.24, 2.45) is 5.92 Å². The molecule has 1 rings (SSSR count). The van der Waals surface area contributed by atoms with Gasteiger partial charge >= 0.3 is 0 Å². The number of benzene rings is 1. The number of hydrogen-bond donors (Lipinski definition) is 1.